The number of hydrogen-bond donors (Lipinski definition) is 2. The number of benzene rings is 1. The number of H-pyrrole nitrogens is 1. The first-order valence-corrected chi connectivity index (χ1v) is 7.67. The molecule has 1 aromatic carbocycles. The minimum atomic E-state index is -0.182. The highest BCUT2D eigenvalue weighted by atomic mass is 16.5. The fraction of sp³-hybridized carbons (Fsp3) is 0.412. The number of para-hydroxylation sites is 1. The van der Waals surface area contributed by atoms with E-state index in [1.165, 1.54) is 0 Å². The van der Waals surface area contributed by atoms with Gasteiger partial charge in [0.05, 0.1) is 6.10 Å². The van der Waals surface area contributed by atoms with Crippen molar-refractivity contribution in [3.05, 3.63) is 47.3 Å². The van der Waals surface area contributed by atoms with Gasteiger partial charge in [-0.15, -0.1) is 0 Å². The molecule has 2 rings (SSSR count). The van der Waals surface area contributed by atoms with Crippen LogP contribution in [0.5, 0.6) is 5.75 Å². The highest BCUT2D eigenvalue weighted by molar-refractivity contribution is 5.92. The molecule has 0 fully saturated rings. The Kier molecular flexibility index (Phi) is 5.58. The first-order chi connectivity index (χ1) is 10.6. The summed E-state index contributed by atoms with van der Waals surface area (Å²) in [4.78, 5) is 12.1. The van der Waals surface area contributed by atoms with Crippen molar-refractivity contribution in [1.29, 1.82) is 0 Å². The SMILES string of the molecule is CCCc1cc(C(=O)NCc2ccccc2OC(C)C)n[nH]1. The molecule has 0 atom stereocenters. The number of aryl methyl sites for hydroxylation is 1. The second-order valence-corrected chi connectivity index (χ2v) is 5.49. The lowest BCUT2D eigenvalue weighted by molar-refractivity contribution is 0.0945. The van der Waals surface area contributed by atoms with Crippen LogP contribution in [-0.2, 0) is 13.0 Å². The van der Waals surface area contributed by atoms with E-state index < -0.39 is 0 Å². The third-order valence-corrected chi connectivity index (χ3v) is 3.16. The molecule has 1 amide bonds. The molecule has 0 spiro atoms. The number of ether oxygens (including phenoxy) is 1. The van der Waals surface area contributed by atoms with E-state index in [0.717, 1.165) is 29.8 Å². The molecule has 118 valence electrons. The molecule has 2 aromatic rings. The van der Waals surface area contributed by atoms with Crippen LogP contribution in [0.3, 0.4) is 0 Å². The van der Waals surface area contributed by atoms with Gasteiger partial charge in [0.2, 0.25) is 0 Å². The van der Waals surface area contributed by atoms with E-state index in [1.807, 2.05) is 38.1 Å². The Bertz CT molecular complexity index is 620. The number of carbonyl (C=O) groups excluding carboxylic acids is 1. The zero-order valence-electron chi connectivity index (χ0n) is 13.3. The summed E-state index contributed by atoms with van der Waals surface area (Å²) in [6.45, 7) is 6.46. The first kappa shape index (κ1) is 16.1. The van der Waals surface area contributed by atoms with Crippen molar-refractivity contribution < 1.29 is 9.53 Å². The van der Waals surface area contributed by atoms with Crippen LogP contribution in [0.1, 0.15) is 48.9 Å². The maximum atomic E-state index is 12.1. The first-order valence-electron chi connectivity index (χ1n) is 7.67. The Morgan fingerprint density at radius 2 is 2.14 bits per heavy atom. The third kappa shape index (κ3) is 4.35. The summed E-state index contributed by atoms with van der Waals surface area (Å²) in [5.74, 6) is 0.615. The Labute approximate surface area is 131 Å². The predicted molar refractivity (Wildman–Crippen MR) is 86.0 cm³/mol. The van der Waals surface area contributed by atoms with Gasteiger partial charge < -0.3 is 10.1 Å². The van der Waals surface area contributed by atoms with Gasteiger partial charge in [-0.05, 0) is 32.4 Å². The van der Waals surface area contributed by atoms with Gasteiger partial charge in [-0.2, -0.15) is 5.10 Å². The fourth-order valence-electron chi connectivity index (χ4n) is 2.16. The van der Waals surface area contributed by atoms with Crippen LogP contribution >= 0.6 is 0 Å². The third-order valence-electron chi connectivity index (χ3n) is 3.16. The lowest BCUT2D eigenvalue weighted by Crippen LogP contribution is -2.23. The van der Waals surface area contributed by atoms with Crippen molar-refractivity contribution in [3.8, 4) is 5.75 Å². The number of nitrogens with zero attached hydrogens (tertiary/aromatic N) is 1. The van der Waals surface area contributed by atoms with Crippen LogP contribution in [0, 0.1) is 0 Å². The summed E-state index contributed by atoms with van der Waals surface area (Å²) in [5, 5.41) is 9.82. The van der Waals surface area contributed by atoms with Crippen molar-refractivity contribution in [2.45, 2.75) is 46.3 Å². The molecule has 0 aliphatic heterocycles. The summed E-state index contributed by atoms with van der Waals surface area (Å²) >= 11 is 0. The van der Waals surface area contributed by atoms with Crippen molar-refractivity contribution in [1.82, 2.24) is 15.5 Å². The average molecular weight is 301 g/mol. The van der Waals surface area contributed by atoms with E-state index in [9.17, 15) is 4.79 Å². The fourth-order valence-corrected chi connectivity index (χ4v) is 2.16. The van der Waals surface area contributed by atoms with Gasteiger partial charge in [0.25, 0.3) is 5.91 Å². The summed E-state index contributed by atoms with van der Waals surface area (Å²) in [7, 11) is 0. The molecule has 0 aliphatic rings. The number of hydrogen-bond acceptors (Lipinski definition) is 3. The number of aromatic nitrogens is 2. The van der Waals surface area contributed by atoms with Gasteiger partial charge >= 0.3 is 0 Å². The van der Waals surface area contributed by atoms with Gasteiger partial charge in [0, 0.05) is 17.8 Å². The quantitative estimate of drug-likeness (QED) is 0.826. The molecule has 2 N–H and O–H groups in total. The van der Waals surface area contributed by atoms with Gasteiger partial charge in [0.15, 0.2) is 0 Å². The zero-order valence-corrected chi connectivity index (χ0v) is 13.3. The molecule has 0 radical (unpaired) electrons. The van der Waals surface area contributed by atoms with Gasteiger partial charge in [-0.3, -0.25) is 9.89 Å². The van der Waals surface area contributed by atoms with Crippen molar-refractivity contribution in [2.75, 3.05) is 0 Å². The van der Waals surface area contributed by atoms with Crippen molar-refractivity contribution in [2.24, 2.45) is 0 Å². The van der Waals surface area contributed by atoms with Crippen LogP contribution in [0.4, 0.5) is 0 Å². The molecule has 0 aliphatic carbocycles. The van der Waals surface area contributed by atoms with Crippen LogP contribution in [0.15, 0.2) is 30.3 Å². The molecule has 5 nitrogen and oxygen atoms in total. The summed E-state index contributed by atoms with van der Waals surface area (Å²) in [6, 6.07) is 9.52. The molecule has 0 bridgehead atoms. The molecule has 0 saturated heterocycles. The average Bonchev–Trinajstić information content (AvgIpc) is 2.94. The Morgan fingerprint density at radius 1 is 1.36 bits per heavy atom. The predicted octanol–water partition coefficient (Wildman–Crippen LogP) is 3.08. The second-order valence-electron chi connectivity index (χ2n) is 5.49. The number of carbonyl (C=O) groups is 1. The van der Waals surface area contributed by atoms with Crippen molar-refractivity contribution >= 4 is 5.91 Å². The Morgan fingerprint density at radius 3 is 2.86 bits per heavy atom. The molecular weight excluding hydrogens is 278 g/mol. The molecule has 1 aromatic heterocycles. The summed E-state index contributed by atoms with van der Waals surface area (Å²) in [5.41, 5.74) is 2.36. The van der Waals surface area contributed by atoms with Crippen molar-refractivity contribution in [3.63, 3.8) is 0 Å². The smallest absolute Gasteiger partial charge is 0.272 e. The minimum absolute atomic E-state index is 0.0970. The van der Waals surface area contributed by atoms with E-state index in [0.29, 0.717) is 12.2 Å². The number of nitrogens with one attached hydrogen (secondary N) is 2. The van der Waals surface area contributed by atoms with E-state index in [2.05, 4.69) is 22.4 Å². The van der Waals surface area contributed by atoms with Gasteiger partial charge in [-0.25, -0.2) is 0 Å². The molecule has 22 heavy (non-hydrogen) atoms. The molecule has 1 heterocycles. The van der Waals surface area contributed by atoms with E-state index in [4.69, 9.17) is 4.74 Å². The number of amides is 1. The highest BCUT2D eigenvalue weighted by Gasteiger charge is 2.11. The maximum Gasteiger partial charge on any atom is 0.272 e. The van der Waals surface area contributed by atoms with Crippen LogP contribution < -0.4 is 10.1 Å². The Balaban J connectivity index is 1.98. The maximum absolute atomic E-state index is 12.1. The van der Waals surface area contributed by atoms with Crippen LogP contribution in [0.2, 0.25) is 0 Å². The standard InChI is InChI=1S/C17H23N3O2/c1-4-7-14-10-15(20-19-14)17(21)18-11-13-8-5-6-9-16(13)22-12(2)3/h5-6,8-10,12H,4,7,11H2,1-3H3,(H,18,21)(H,19,20). The largest absolute Gasteiger partial charge is 0.491 e. The van der Waals surface area contributed by atoms with Crippen LogP contribution in [-0.4, -0.2) is 22.2 Å². The number of aromatic amines is 1. The normalized spacial score (nSPS) is 10.7. The zero-order chi connectivity index (χ0) is 15.9. The lowest BCUT2D eigenvalue weighted by Gasteiger charge is -2.14. The highest BCUT2D eigenvalue weighted by Crippen LogP contribution is 2.19. The monoisotopic (exact) mass is 301 g/mol. The topological polar surface area (TPSA) is 67.0 Å². The minimum Gasteiger partial charge on any atom is -0.491 e. The van der Waals surface area contributed by atoms with Gasteiger partial charge in [-0.1, -0.05) is 31.5 Å². The lowest BCUT2D eigenvalue weighted by atomic mass is 10.2. The van der Waals surface area contributed by atoms with E-state index in [1.54, 1.807) is 6.07 Å². The molecule has 0 saturated carbocycles. The molecular formula is C17H23N3O2. The second kappa shape index (κ2) is 7.64. The van der Waals surface area contributed by atoms with E-state index in [-0.39, 0.29) is 12.0 Å². The molecule has 0 unspecified atom stereocenters. The summed E-state index contributed by atoms with van der Waals surface area (Å²) in [6.07, 6.45) is 2.01. The van der Waals surface area contributed by atoms with Gasteiger partial charge in [0.1, 0.15) is 11.4 Å². The summed E-state index contributed by atoms with van der Waals surface area (Å²) < 4.78 is 5.75. The number of rotatable bonds is 7. The molecule has 5 heteroatoms. The van der Waals surface area contributed by atoms with E-state index >= 15 is 0 Å². The Hall–Kier alpha value is -2.30. The van der Waals surface area contributed by atoms with Crippen LogP contribution in [0.25, 0.3) is 0 Å².